The third-order valence-corrected chi connectivity index (χ3v) is 5.63. The summed E-state index contributed by atoms with van der Waals surface area (Å²) in [5.41, 5.74) is 6.67. The molecule has 1 aromatic carbocycles. The highest BCUT2D eigenvalue weighted by atomic mass is 19.4. The molecule has 11 heteroatoms. The fraction of sp³-hybridized carbons (Fsp3) is 0.474. The summed E-state index contributed by atoms with van der Waals surface area (Å²) < 4.78 is 42.4. The molecule has 2 heterocycles. The average Bonchev–Trinajstić information content (AvgIpc) is 3.32. The van der Waals surface area contributed by atoms with Gasteiger partial charge >= 0.3 is 18.1 Å². The van der Waals surface area contributed by atoms with Crippen molar-refractivity contribution >= 4 is 11.9 Å². The van der Waals surface area contributed by atoms with E-state index >= 15 is 0 Å². The minimum Gasteiger partial charge on any atom is -0.352 e. The fourth-order valence-electron chi connectivity index (χ4n) is 4.19. The number of primary amides is 1. The van der Waals surface area contributed by atoms with Gasteiger partial charge < -0.3 is 20.5 Å². The van der Waals surface area contributed by atoms with Crippen molar-refractivity contribution in [2.24, 2.45) is 11.7 Å². The molecule has 1 fully saturated rings. The molecule has 0 saturated heterocycles. The van der Waals surface area contributed by atoms with Crippen LogP contribution in [0, 0.1) is 5.92 Å². The molecule has 8 nitrogen and oxygen atoms in total. The first-order valence-electron chi connectivity index (χ1n) is 9.61. The number of benzene rings is 1. The molecule has 1 saturated carbocycles. The first kappa shape index (κ1) is 20.2. The topological polar surface area (TPSA) is 114 Å². The van der Waals surface area contributed by atoms with Gasteiger partial charge in [0.1, 0.15) is 0 Å². The quantitative estimate of drug-likeness (QED) is 0.785. The summed E-state index contributed by atoms with van der Waals surface area (Å²) in [6, 6.07) is 4.27. The van der Waals surface area contributed by atoms with Crippen molar-refractivity contribution in [2.45, 2.75) is 44.4 Å². The van der Waals surface area contributed by atoms with Gasteiger partial charge in [0.25, 0.3) is 5.91 Å². The van der Waals surface area contributed by atoms with Gasteiger partial charge in [0.05, 0.1) is 0 Å². The van der Waals surface area contributed by atoms with Gasteiger partial charge in [-0.1, -0.05) is 23.7 Å². The van der Waals surface area contributed by atoms with Gasteiger partial charge in [0.2, 0.25) is 5.82 Å². The van der Waals surface area contributed by atoms with Crippen molar-refractivity contribution in [1.82, 2.24) is 20.4 Å². The molecule has 1 aromatic heterocycles. The number of aromatic nitrogens is 2. The van der Waals surface area contributed by atoms with Crippen LogP contribution >= 0.6 is 0 Å². The third kappa shape index (κ3) is 3.96. The molecule has 2 atom stereocenters. The van der Waals surface area contributed by atoms with Crippen molar-refractivity contribution in [3.05, 3.63) is 35.2 Å². The minimum atomic E-state index is -4.73. The van der Waals surface area contributed by atoms with Crippen molar-refractivity contribution < 1.29 is 27.3 Å². The van der Waals surface area contributed by atoms with E-state index in [1.54, 1.807) is 17.0 Å². The van der Waals surface area contributed by atoms with Crippen molar-refractivity contribution in [2.75, 3.05) is 6.54 Å². The number of hydrogen-bond acceptors (Lipinski definition) is 5. The van der Waals surface area contributed by atoms with E-state index in [1.165, 1.54) is 6.07 Å². The van der Waals surface area contributed by atoms with Crippen molar-refractivity contribution in [3.63, 3.8) is 0 Å². The van der Waals surface area contributed by atoms with E-state index in [2.05, 4.69) is 20.0 Å². The normalized spacial score (nSPS) is 21.6. The molecule has 30 heavy (non-hydrogen) atoms. The van der Waals surface area contributed by atoms with E-state index in [9.17, 15) is 22.8 Å². The molecule has 1 aliphatic carbocycles. The lowest BCUT2D eigenvalue weighted by molar-refractivity contribution is -0.159. The van der Waals surface area contributed by atoms with Crippen LogP contribution in [0.1, 0.15) is 47.5 Å². The molecular formula is C19H20F3N5O3. The van der Waals surface area contributed by atoms with Gasteiger partial charge in [0, 0.05) is 30.3 Å². The molecule has 0 bridgehead atoms. The Morgan fingerprint density at radius 1 is 1.33 bits per heavy atom. The number of halogens is 3. The molecule has 160 valence electrons. The Balaban J connectivity index is 1.49. The number of nitrogens with one attached hydrogen (secondary N) is 1. The second-order valence-electron chi connectivity index (χ2n) is 7.66. The molecule has 3 amide bonds. The van der Waals surface area contributed by atoms with Crippen LogP contribution in [0.25, 0.3) is 11.4 Å². The zero-order chi connectivity index (χ0) is 21.5. The number of fused-ring (bicyclic) bond motifs is 1. The number of hydrogen-bond donors (Lipinski definition) is 2. The average molecular weight is 423 g/mol. The highest BCUT2D eigenvalue weighted by molar-refractivity contribution is 5.99. The highest BCUT2D eigenvalue weighted by Crippen LogP contribution is 2.35. The largest absolute Gasteiger partial charge is 0.471 e. The molecule has 2 unspecified atom stereocenters. The Kier molecular flexibility index (Phi) is 5.12. The Morgan fingerprint density at radius 2 is 2.13 bits per heavy atom. The van der Waals surface area contributed by atoms with Crippen LogP contribution in [0.15, 0.2) is 22.7 Å². The molecule has 3 N–H and O–H groups in total. The van der Waals surface area contributed by atoms with Gasteiger partial charge in [0.15, 0.2) is 0 Å². The summed E-state index contributed by atoms with van der Waals surface area (Å²) in [6.45, 7) is 0.916. The third-order valence-electron chi connectivity index (χ3n) is 5.63. The maximum absolute atomic E-state index is 13.0. The number of carbonyl (C=O) groups excluding carboxylic acids is 2. The van der Waals surface area contributed by atoms with Crippen LogP contribution in [0.4, 0.5) is 18.0 Å². The fourth-order valence-corrected chi connectivity index (χ4v) is 4.19. The Hall–Kier alpha value is -3.11. The van der Waals surface area contributed by atoms with Crippen LogP contribution in [-0.4, -0.2) is 39.6 Å². The van der Waals surface area contributed by atoms with E-state index in [0.717, 1.165) is 31.2 Å². The lowest BCUT2D eigenvalue weighted by atomic mass is 9.85. The van der Waals surface area contributed by atoms with E-state index < -0.39 is 18.1 Å². The molecular weight excluding hydrogens is 403 g/mol. The Bertz CT molecular complexity index is 975. The van der Waals surface area contributed by atoms with E-state index in [0.29, 0.717) is 18.7 Å². The van der Waals surface area contributed by atoms with Gasteiger partial charge in [-0.3, -0.25) is 4.79 Å². The highest BCUT2D eigenvalue weighted by Gasteiger charge is 2.39. The minimum absolute atomic E-state index is 0.0313. The van der Waals surface area contributed by atoms with Crippen LogP contribution in [0.2, 0.25) is 0 Å². The predicted octanol–water partition coefficient (Wildman–Crippen LogP) is 2.94. The number of nitrogens with two attached hydrogens (primary N) is 1. The van der Waals surface area contributed by atoms with E-state index in [4.69, 9.17) is 5.73 Å². The number of nitrogens with zero attached hydrogens (tertiary/aromatic N) is 3. The molecule has 0 radical (unpaired) electrons. The predicted molar refractivity (Wildman–Crippen MR) is 97.9 cm³/mol. The standard InChI is InChI=1S/C19H20F3N5O3/c20-19(21,22)17-25-15(26-30-17)11-4-5-12-9-27(16(28)14(12)7-11)13-3-1-2-10(6-13)8-24-18(23)29/h4-5,7,10,13H,1-3,6,8-9H2,(H3,23,24,29). The summed E-state index contributed by atoms with van der Waals surface area (Å²) in [6.07, 6.45) is -1.22. The zero-order valence-corrected chi connectivity index (χ0v) is 15.9. The summed E-state index contributed by atoms with van der Waals surface area (Å²) >= 11 is 0. The second-order valence-corrected chi connectivity index (χ2v) is 7.66. The lowest BCUT2D eigenvalue weighted by Gasteiger charge is -2.35. The number of urea groups is 1. The first-order chi connectivity index (χ1) is 14.2. The lowest BCUT2D eigenvalue weighted by Crippen LogP contribution is -2.42. The molecule has 4 rings (SSSR count). The molecule has 0 spiro atoms. The van der Waals surface area contributed by atoms with E-state index in [1.807, 2.05) is 0 Å². The summed E-state index contributed by atoms with van der Waals surface area (Å²) in [5, 5.41) is 6.01. The van der Waals surface area contributed by atoms with Crippen LogP contribution in [0.3, 0.4) is 0 Å². The van der Waals surface area contributed by atoms with Gasteiger partial charge in [-0.15, -0.1) is 0 Å². The summed E-state index contributed by atoms with van der Waals surface area (Å²) in [7, 11) is 0. The van der Waals surface area contributed by atoms with Crippen molar-refractivity contribution in [3.8, 4) is 11.4 Å². The van der Waals surface area contributed by atoms with E-state index in [-0.39, 0.29) is 29.3 Å². The zero-order valence-electron chi connectivity index (χ0n) is 15.9. The Morgan fingerprint density at radius 3 is 2.83 bits per heavy atom. The SMILES string of the molecule is NC(=O)NCC1CCCC(N2Cc3ccc(-c4noc(C(F)(F)F)n4)cc3C2=O)C1. The first-order valence-corrected chi connectivity index (χ1v) is 9.61. The number of rotatable bonds is 4. The molecule has 1 aliphatic heterocycles. The Labute approximate surface area is 169 Å². The maximum atomic E-state index is 13.0. The van der Waals surface area contributed by atoms with Crippen LogP contribution in [-0.2, 0) is 12.7 Å². The summed E-state index contributed by atoms with van der Waals surface area (Å²) in [5.74, 6) is -1.57. The second kappa shape index (κ2) is 7.62. The van der Waals surface area contributed by atoms with Gasteiger partial charge in [-0.05, 0) is 36.8 Å². The maximum Gasteiger partial charge on any atom is 0.471 e. The summed E-state index contributed by atoms with van der Waals surface area (Å²) in [4.78, 5) is 29.1. The van der Waals surface area contributed by atoms with Crippen LogP contribution < -0.4 is 11.1 Å². The van der Waals surface area contributed by atoms with Crippen LogP contribution in [0.5, 0.6) is 0 Å². The number of alkyl halides is 3. The monoisotopic (exact) mass is 423 g/mol. The molecule has 2 aliphatic rings. The van der Waals surface area contributed by atoms with Gasteiger partial charge in [-0.2, -0.15) is 18.2 Å². The van der Waals surface area contributed by atoms with Gasteiger partial charge in [-0.25, -0.2) is 4.79 Å². The van der Waals surface area contributed by atoms with Crippen molar-refractivity contribution in [1.29, 1.82) is 0 Å². The number of carbonyl (C=O) groups is 2. The number of amides is 3. The molecule has 2 aromatic rings. The smallest absolute Gasteiger partial charge is 0.352 e.